The van der Waals surface area contributed by atoms with Gasteiger partial charge in [-0.25, -0.2) is 0 Å². The molecular weight excluding hydrogens is 468 g/mol. The van der Waals surface area contributed by atoms with Gasteiger partial charge in [0.1, 0.15) is 6.04 Å². The maximum absolute atomic E-state index is 13.6. The second-order valence-electron chi connectivity index (χ2n) is 11.2. The zero-order valence-electron chi connectivity index (χ0n) is 22.8. The summed E-state index contributed by atoms with van der Waals surface area (Å²) >= 11 is 0. The minimum atomic E-state index is -0.618. The third-order valence-corrected chi connectivity index (χ3v) is 8.41. The number of piperidine rings is 2. The number of hydrogen-bond donors (Lipinski definition) is 2. The second-order valence-corrected chi connectivity index (χ2v) is 11.2. The molecule has 1 aromatic carbocycles. The number of carbonyl (C=O) groups is 3. The van der Waals surface area contributed by atoms with E-state index in [1.165, 1.54) is 19.3 Å². The zero-order valence-corrected chi connectivity index (χ0v) is 22.8. The second kappa shape index (κ2) is 12.3. The summed E-state index contributed by atoms with van der Waals surface area (Å²) in [4.78, 5) is 44.0. The monoisotopic (exact) mass is 512 g/mol. The van der Waals surface area contributed by atoms with E-state index in [1.54, 1.807) is 6.92 Å². The molecule has 0 aliphatic carbocycles. The molecule has 0 radical (unpaired) electrons. The van der Waals surface area contributed by atoms with Gasteiger partial charge in [0.05, 0.1) is 12.0 Å². The molecule has 1 aromatic rings. The Morgan fingerprint density at radius 3 is 2.41 bits per heavy atom. The lowest BCUT2D eigenvalue weighted by Crippen LogP contribution is -2.55. The molecular formula is C29H44N4O4. The number of nitrogens with one attached hydrogen (secondary N) is 2. The van der Waals surface area contributed by atoms with Crippen LogP contribution in [0.25, 0.3) is 0 Å². The van der Waals surface area contributed by atoms with Crippen molar-refractivity contribution in [1.29, 1.82) is 0 Å². The topological polar surface area (TPSA) is 91.0 Å². The summed E-state index contributed by atoms with van der Waals surface area (Å²) in [6.07, 6.45) is 7.34. The molecule has 0 unspecified atom stereocenters. The van der Waals surface area contributed by atoms with E-state index in [0.717, 1.165) is 49.2 Å². The molecule has 2 N–H and O–H groups in total. The van der Waals surface area contributed by atoms with Crippen LogP contribution in [0.2, 0.25) is 0 Å². The fourth-order valence-corrected chi connectivity index (χ4v) is 5.98. The van der Waals surface area contributed by atoms with Crippen LogP contribution in [0.3, 0.4) is 0 Å². The quantitative estimate of drug-likeness (QED) is 0.634. The molecule has 204 valence electrons. The number of nitrogens with zero attached hydrogens (tertiary/aromatic N) is 2. The first-order valence-electron chi connectivity index (χ1n) is 14.1. The fraction of sp³-hybridized carbons (Fsp3) is 0.690. The van der Waals surface area contributed by atoms with Gasteiger partial charge in [0.2, 0.25) is 11.8 Å². The van der Waals surface area contributed by atoms with Gasteiger partial charge in [-0.2, -0.15) is 0 Å². The molecule has 1 spiro atoms. The number of anilines is 1. The van der Waals surface area contributed by atoms with Crippen LogP contribution in [0.1, 0.15) is 81.1 Å². The van der Waals surface area contributed by atoms with Crippen molar-refractivity contribution in [3.63, 3.8) is 0 Å². The molecule has 3 aliphatic rings. The van der Waals surface area contributed by atoms with E-state index in [2.05, 4.69) is 28.5 Å². The lowest BCUT2D eigenvalue weighted by Gasteiger charge is -2.41. The average molecular weight is 513 g/mol. The third kappa shape index (κ3) is 6.46. The van der Waals surface area contributed by atoms with E-state index >= 15 is 0 Å². The Morgan fingerprint density at radius 1 is 0.946 bits per heavy atom. The van der Waals surface area contributed by atoms with Gasteiger partial charge in [-0.3, -0.25) is 14.4 Å². The molecule has 3 fully saturated rings. The van der Waals surface area contributed by atoms with E-state index in [0.29, 0.717) is 39.1 Å². The van der Waals surface area contributed by atoms with Crippen molar-refractivity contribution in [2.75, 3.05) is 44.3 Å². The van der Waals surface area contributed by atoms with E-state index in [-0.39, 0.29) is 23.8 Å². The molecule has 0 aromatic heterocycles. The summed E-state index contributed by atoms with van der Waals surface area (Å²) in [5.41, 5.74) is 2.39. The van der Waals surface area contributed by atoms with Crippen LogP contribution in [0.15, 0.2) is 18.2 Å². The van der Waals surface area contributed by atoms with Gasteiger partial charge in [0.25, 0.3) is 5.91 Å². The highest BCUT2D eigenvalue weighted by Gasteiger charge is 2.43. The fourth-order valence-electron chi connectivity index (χ4n) is 5.98. The molecule has 0 saturated carbocycles. The molecule has 8 heteroatoms. The highest BCUT2D eigenvalue weighted by atomic mass is 16.5. The Bertz CT molecular complexity index is 967. The van der Waals surface area contributed by atoms with Crippen molar-refractivity contribution in [3.8, 4) is 0 Å². The number of hydrogen-bond acceptors (Lipinski definition) is 5. The van der Waals surface area contributed by atoms with Gasteiger partial charge in [0.15, 0.2) is 0 Å². The zero-order chi connectivity index (χ0) is 26.4. The largest absolute Gasteiger partial charge is 0.379 e. The van der Waals surface area contributed by atoms with Crippen molar-refractivity contribution < 1.29 is 19.1 Å². The first kappa shape index (κ1) is 27.4. The van der Waals surface area contributed by atoms with Crippen LogP contribution in [0, 0.1) is 12.3 Å². The summed E-state index contributed by atoms with van der Waals surface area (Å²) in [6, 6.07) is 5.33. The lowest BCUT2D eigenvalue weighted by molar-refractivity contribution is -0.137. The Morgan fingerprint density at radius 2 is 1.68 bits per heavy atom. The van der Waals surface area contributed by atoms with Crippen LogP contribution < -0.4 is 15.5 Å². The summed E-state index contributed by atoms with van der Waals surface area (Å²) in [5.74, 6) is -0.222. The standard InChI is InChI=1S/C29H44N4O4/c1-21-20-37-19-8-5-12-29(28(36)31-23(3)26(34)30-21)13-17-33(18-14-29)27(35)24-10-9-11-25(22(24)2)32-15-6-4-7-16-32/h9-11,21,23H,4-8,12-20H2,1-3H3,(H,30,34)(H,31,36)/t21-,23-/m0/s1. The minimum absolute atomic E-state index is 0.0476. The predicted molar refractivity (Wildman–Crippen MR) is 145 cm³/mol. The Hall–Kier alpha value is -2.61. The van der Waals surface area contributed by atoms with E-state index in [9.17, 15) is 14.4 Å². The molecule has 4 rings (SSSR count). The molecule has 8 nitrogen and oxygen atoms in total. The third-order valence-electron chi connectivity index (χ3n) is 8.41. The summed E-state index contributed by atoms with van der Waals surface area (Å²) < 4.78 is 5.73. The number of benzene rings is 1. The summed E-state index contributed by atoms with van der Waals surface area (Å²) in [6.45, 7) is 9.93. The van der Waals surface area contributed by atoms with Gasteiger partial charge < -0.3 is 25.2 Å². The maximum atomic E-state index is 13.6. The smallest absolute Gasteiger partial charge is 0.254 e. The first-order chi connectivity index (χ1) is 17.8. The van der Waals surface area contributed by atoms with Crippen molar-refractivity contribution in [2.24, 2.45) is 5.41 Å². The molecule has 37 heavy (non-hydrogen) atoms. The molecule has 3 saturated heterocycles. The number of likely N-dealkylation sites (tertiary alicyclic amines) is 1. The molecule has 3 aliphatic heterocycles. The predicted octanol–water partition coefficient (Wildman–Crippen LogP) is 3.42. The Labute approximate surface area is 221 Å². The van der Waals surface area contributed by atoms with E-state index < -0.39 is 11.5 Å². The SMILES string of the molecule is Cc1c(C(=O)N2CCC3(CCCCOC[C@H](C)NC(=O)[C@H](C)NC3=O)CC2)cccc1N1CCCCC1. The van der Waals surface area contributed by atoms with Crippen molar-refractivity contribution in [1.82, 2.24) is 15.5 Å². The first-order valence-corrected chi connectivity index (χ1v) is 14.1. The van der Waals surface area contributed by atoms with Gasteiger partial charge in [0, 0.05) is 50.1 Å². The summed E-state index contributed by atoms with van der Waals surface area (Å²) in [7, 11) is 0. The Kier molecular flexibility index (Phi) is 9.11. The summed E-state index contributed by atoms with van der Waals surface area (Å²) in [5, 5.41) is 5.90. The van der Waals surface area contributed by atoms with Crippen molar-refractivity contribution in [2.45, 2.75) is 84.2 Å². The lowest BCUT2D eigenvalue weighted by atomic mass is 9.73. The van der Waals surface area contributed by atoms with Crippen molar-refractivity contribution >= 4 is 23.4 Å². The number of rotatable bonds is 2. The van der Waals surface area contributed by atoms with Gasteiger partial charge in [-0.1, -0.05) is 12.5 Å². The van der Waals surface area contributed by atoms with Crippen LogP contribution in [-0.4, -0.2) is 74.1 Å². The van der Waals surface area contributed by atoms with Gasteiger partial charge in [-0.15, -0.1) is 0 Å². The highest BCUT2D eigenvalue weighted by molar-refractivity contribution is 5.97. The van der Waals surface area contributed by atoms with Crippen molar-refractivity contribution in [3.05, 3.63) is 29.3 Å². The van der Waals surface area contributed by atoms with Crippen LogP contribution >= 0.6 is 0 Å². The highest BCUT2D eigenvalue weighted by Crippen LogP contribution is 2.38. The Balaban J connectivity index is 1.45. The average Bonchev–Trinajstić information content (AvgIpc) is 2.91. The number of amides is 3. The van der Waals surface area contributed by atoms with E-state index in [4.69, 9.17) is 4.74 Å². The maximum Gasteiger partial charge on any atom is 0.254 e. The number of ether oxygens (including phenoxy) is 1. The molecule has 3 amide bonds. The van der Waals surface area contributed by atoms with Crippen LogP contribution in [0.5, 0.6) is 0 Å². The molecule has 0 bridgehead atoms. The van der Waals surface area contributed by atoms with Crippen LogP contribution in [0.4, 0.5) is 5.69 Å². The van der Waals surface area contributed by atoms with Crippen LogP contribution in [-0.2, 0) is 14.3 Å². The number of carbonyl (C=O) groups excluding carboxylic acids is 3. The van der Waals surface area contributed by atoms with Gasteiger partial charge >= 0.3 is 0 Å². The molecule has 2 atom stereocenters. The molecule has 3 heterocycles. The van der Waals surface area contributed by atoms with Gasteiger partial charge in [-0.05, 0) is 83.4 Å². The normalized spacial score (nSPS) is 25.9. The van der Waals surface area contributed by atoms with E-state index in [1.807, 2.05) is 24.0 Å². The minimum Gasteiger partial charge on any atom is -0.379 e.